The third-order valence-electron chi connectivity index (χ3n) is 4.14. The number of aryl methyl sites for hydroxylation is 2. The van der Waals surface area contributed by atoms with Gasteiger partial charge < -0.3 is 5.32 Å². The van der Waals surface area contributed by atoms with Crippen LogP contribution in [-0.2, 0) is 18.9 Å². The molecule has 0 saturated carbocycles. The summed E-state index contributed by atoms with van der Waals surface area (Å²) < 4.78 is 1.95. The van der Waals surface area contributed by atoms with Crippen LogP contribution < -0.4 is 5.32 Å². The van der Waals surface area contributed by atoms with Gasteiger partial charge in [0.2, 0.25) is 0 Å². The van der Waals surface area contributed by atoms with E-state index >= 15 is 0 Å². The molecule has 3 heteroatoms. The van der Waals surface area contributed by atoms with Crippen LogP contribution in [0.4, 0.5) is 0 Å². The van der Waals surface area contributed by atoms with E-state index in [1.165, 1.54) is 16.8 Å². The van der Waals surface area contributed by atoms with E-state index in [2.05, 4.69) is 61.5 Å². The van der Waals surface area contributed by atoms with E-state index in [-0.39, 0.29) is 5.41 Å². The second kappa shape index (κ2) is 6.44. The second-order valence-corrected chi connectivity index (χ2v) is 6.70. The zero-order valence-corrected chi connectivity index (χ0v) is 13.9. The molecular weight excluding hydrogens is 258 g/mol. The molecule has 1 N–H and O–H groups in total. The summed E-state index contributed by atoms with van der Waals surface area (Å²) in [7, 11) is 4.04. The topological polar surface area (TPSA) is 29.9 Å². The molecule has 21 heavy (non-hydrogen) atoms. The van der Waals surface area contributed by atoms with Crippen molar-refractivity contribution in [3.05, 3.63) is 53.3 Å². The van der Waals surface area contributed by atoms with Crippen molar-refractivity contribution in [2.75, 3.05) is 7.05 Å². The van der Waals surface area contributed by atoms with Crippen LogP contribution in [0.5, 0.6) is 0 Å². The molecule has 0 radical (unpaired) electrons. The van der Waals surface area contributed by atoms with E-state index in [1.54, 1.807) is 0 Å². The zero-order valence-electron chi connectivity index (χ0n) is 13.9. The van der Waals surface area contributed by atoms with Gasteiger partial charge in [-0.05, 0) is 42.5 Å². The quantitative estimate of drug-likeness (QED) is 0.909. The van der Waals surface area contributed by atoms with Crippen LogP contribution >= 0.6 is 0 Å². The van der Waals surface area contributed by atoms with Crippen molar-refractivity contribution in [3.8, 4) is 0 Å². The zero-order chi connectivity index (χ0) is 15.5. The summed E-state index contributed by atoms with van der Waals surface area (Å²) in [5, 5.41) is 7.66. The Morgan fingerprint density at radius 1 is 1.14 bits per heavy atom. The maximum Gasteiger partial charge on any atom is 0.0492 e. The molecule has 2 aromatic rings. The van der Waals surface area contributed by atoms with Crippen molar-refractivity contribution in [2.24, 2.45) is 7.05 Å². The molecule has 1 heterocycles. The third kappa shape index (κ3) is 3.94. The van der Waals surface area contributed by atoms with Gasteiger partial charge >= 0.3 is 0 Å². The van der Waals surface area contributed by atoms with E-state index in [9.17, 15) is 0 Å². The van der Waals surface area contributed by atoms with Crippen molar-refractivity contribution in [1.29, 1.82) is 0 Å². The highest BCUT2D eigenvalue weighted by Crippen LogP contribution is 2.25. The molecule has 0 aliphatic rings. The first-order chi connectivity index (χ1) is 9.91. The van der Waals surface area contributed by atoms with Crippen LogP contribution in [0.2, 0.25) is 0 Å². The van der Waals surface area contributed by atoms with E-state index in [1.807, 2.05) is 25.0 Å². The van der Waals surface area contributed by atoms with Crippen molar-refractivity contribution in [1.82, 2.24) is 15.1 Å². The summed E-state index contributed by atoms with van der Waals surface area (Å²) in [5.41, 5.74) is 4.23. The van der Waals surface area contributed by atoms with Gasteiger partial charge in [0.05, 0.1) is 0 Å². The molecule has 2 rings (SSSR count). The molecule has 1 atom stereocenters. The Hall–Kier alpha value is -1.61. The summed E-state index contributed by atoms with van der Waals surface area (Å²) in [6, 6.07) is 11.5. The highest BCUT2D eigenvalue weighted by Gasteiger charge is 2.15. The molecule has 0 spiro atoms. The second-order valence-electron chi connectivity index (χ2n) is 6.70. The summed E-state index contributed by atoms with van der Waals surface area (Å²) in [5.74, 6) is 0. The van der Waals surface area contributed by atoms with Crippen LogP contribution in [0.3, 0.4) is 0 Å². The monoisotopic (exact) mass is 285 g/mol. The number of hydrogen-bond acceptors (Lipinski definition) is 2. The number of aromatic nitrogens is 2. The summed E-state index contributed by atoms with van der Waals surface area (Å²) in [6.07, 6.45) is 3.97. The van der Waals surface area contributed by atoms with Crippen LogP contribution in [0.25, 0.3) is 0 Å². The largest absolute Gasteiger partial charge is 0.313 e. The molecule has 1 unspecified atom stereocenters. The van der Waals surface area contributed by atoms with Crippen LogP contribution in [0, 0.1) is 0 Å². The maximum absolute atomic E-state index is 4.23. The minimum atomic E-state index is 0.211. The van der Waals surface area contributed by atoms with Gasteiger partial charge in [-0.25, -0.2) is 0 Å². The predicted molar refractivity (Wildman–Crippen MR) is 88.5 cm³/mol. The minimum Gasteiger partial charge on any atom is -0.313 e. The molecule has 0 aliphatic carbocycles. The van der Waals surface area contributed by atoms with E-state index in [4.69, 9.17) is 0 Å². The van der Waals surface area contributed by atoms with Crippen LogP contribution in [0.1, 0.15) is 50.1 Å². The number of hydrogen-bond donors (Lipinski definition) is 1. The lowest BCUT2D eigenvalue weighted by molar-refractivity contribution is 0.534. The number of rotatable bonds is 5. The molecule has 0 bridgehead atoms. The first-order valence-corrected chi connectivity index (χ1v) is 7.66. The van der Waals surface area contributed by atoms with Gasteiger partial charge in [-0.3, -0.25) is 4.68 Å². The molecule has 114 valence electrons. The average Bonchev–Trinajstić information content (AvgIpc) is 2.85. The Balaban J connectivity index is 2.05. The summed E-state index contributed by atoms with van der Waals surface area (Å²) in [4.78, 5) is 0. The summed E-state index contributed by atoms with van der Waals surface area (Å²) >= 11 is 0. The minimum absolute atomic E-state index is 0.211. The fourth-order valence-electron chi connectivity index (χ4n) is 2.63. The lowest BCUT2D eigenvalue weighted by Gasteiger charge is -2.21. The van der Waals surface area contributed by atoms with Crippen LogP contribution in [0.15, 0.2) is 36.5 Å². The van der Waals surface area contributed by atoms with Crippen molar-refractivity contribution >= 4 is 0 Å². The predicted octanol–water partition coefficient (Wildman–Crippen LogP) is 3.61. The Morgan fingerprint density at radius 3 is 2.29 bits per heavy atom. The molecule has 0 aliphatic heterocycles. The van der Waals surface area contributed by atoms with Crippen molar-refractivity contribution in [3.63, 3.8) is 0 Å². The number of nitrogens with one attached hydrogen (secondary N) is 1. The molecule has 3 nitrogen and oxygen atoms in total. The van der Waals surface area contributed by atoms with Gasteiger partial charge in [0, 0.05) is 25.0 Å². The highest BCUT2D eigenvalue weighted by atomic mass is 15.2. The van der Waals surface area contributed by atoms with Crippen molar-refractivity contribution in [2.45, 2.75) is 45.1 Å². The van der Waals surface area contributed by atoms with Gasteiger partial charge in [0.25, 0.3) is 0 Å². The third-order valence-corrected chi connectivity index (χ3v) is 4.14. The average molecular weight is 285 g/mol. The lowest BCUT2D eigenvalue weighted by atomic mass is 9.86. The lowest BCUT2D eigenvalue weighted by Crippen LogP contribution is -2.18. The number of benzene rings is 1. The molecule has 0 fully saturated rings. The van der Waals surface area contributed by atoms with E-state index in [0.717, 1.165) is 12.8 Å². The van der Waals surface area contributed by atoms with Gasteiger partial charge in [-0.1, -0.05) is 45.0 Å². The molecule has 0 amide bonds. The highest BCUT2D eigenvalue weighted by molar-refractivity contribution is 5.29. The first-order valence-electron chi connectivity index (χ1n) is 7.66. The Bertz CT molecular complexity index is 561. The normalized spacial score (nSPS) is 13.4. The molecule has 1 aromatic carbocycles. The fraction of sp³-hybridized carbons (Fsp3) is 0.500. The SMILES string of the molecule is CNC(CCc1ccnn1C)c1ccc(C(C)(C)C)cc1. The summed E-state index contributed by atoms with van der Waals surface area (Å²) in [6.45, 7) is 6.75. The van der Waals surface area contributed by atoms with Gasteiger partial charge in [0.15, 0.2) is 0 Å². The van der Waals surface area contributed by atoms with E-state index < -0.39 is 0 Å². The van der Waals surface area contributed by atoms with Crippen LogP contribution in [-0.4, -0.2) is 16.8 Å². The molecular formula is C18H27N3. The molecule has 1 aromatic heterocycles. The van der Waals surface area contributed by atoms with Gasteiger partial charge in [-0.15, -0.1) is 0 Å². The Morgan fingerprint density at radius 2 is 1.81 bits per heavy atom. The van der Waals surface area contributed by atoms with E-state index in [0.29, 0.717) is 6.04 Å². The smallest absolute Gasteiger partial charge is 0.0492 e. The Labute approximate surface area is 128 Å². The standard InChI is InChI=1S/C18H27N3/c1-18(2,3)15-8-6-14(7-9-15)17(19-4)11-10-16-12-13-20-21(16)5/h6-9,12-13,17,19H,10-11H2,1-5H3. The van der Waals surface area contributed by atoms with Gasteiger partial charge in [0.1, 0.15) is 0 Å². The van der Waals surface area contributed by atoms with Crippen molar-refractivity contribution < 1.29 is 0 Å². The first kappa shape index (κ1) is 15.8. The Kier molecular flexibility index (Phi) is 4.84. The maximum atomic E-state index is 4.23. The number of nitrogens with zero attached hydrogens (tertiary/aromatic N) is 2. The van der Waals surface area contributed by atoms with Gasteiger partial charge in [-0.2, -0.15) is 5.10 Å². The fourth-order valence-corrected chi connectivity index (χ4v) is 2.63. The molecule has 0 saturated heterocycles.